The summed E-state index contributed by atoms with van der Waals surface area (Å²) in [5, 5.41) is 10.6. The molecule has 1 N–H and O–H groups in total. The maximum atomic E-state index is 12.4. The third-order valence-corrected chi connectivity index (χ3v) is 5.80. The van der Waals surface area contributed by atoms with Gasteiger partial charge in [0.2, 0.25) is 5.91 Å². The molecule has 0 spiro atoms. The predicted molar refractivity (Wildman–Crippen MR) is 109 cm³/mol. The Morgan fingerprint density at radius 1 is 1.14 bits per heavy atom. The van der Waals surface area contributed by atoms with Crippen molar-refractivity contribution in [3.8, 4) is 22.0 Å². The maximum absolute atomic E-state index is 12.4. The molecule has 1 atom stereocenters. The van der Waals surface area contributed by atoms with Gasteiger partial charge in [-0.2, -0.15) is 5.10 Å². The lowest BCUT2D eigenvalue weighted by Crippen LogP contribution is -2.24. The molecule has 1 amide bonds. The molecule has 0 saturated carbocycles. The van der Waals surface area contributed by atoms with Gasteiger partial charge in [0.15, 0.2) is 0 Å². The number of pyridine rings is 1. The standard InChI is InChI=1S/C21H17N5OS/c1-26-20-18(19(25-26)15-9-5-6-10-22-15)14(11-17(27)24-20)16-12-28-21(23-16)13-7-3-2-4-8-13/h2-10,12,14H,11H2,1H3,(H,24,27). The fraction of sp³-hybridized carbons (Fsp3) is 0.143. The first-order valence-electron chi connectivity index (χ1n) is 8.99. The first-order chi connectivity index (χ1) is 13.7. The Labute approximate surface area is 165 Å². The van der Waals surface area contributed by atoms with Crippen molar-refractivity contribution < 1.29 is 4.79 Å². The highest BCUT2D eigenvalue weighted by molar-refractivity contribution is 7.13. The van der Waals surface area contributed by atoms with E-state index in [4.69, 9.17) is 4.98 Å². The van der Waals surface area contributed by atoms with Gasteiger partial charge < -0.3 is 5.32 Å². The lowest BCUT2D eigenvalue weighted by Gasteiger charge is -2.22. The second-order valence-electron chi connectivity index (χ2n) is 6.70. The molecule has 7 heteroatoms. The van der Waals surface area contributed by atoms with Crippen molar-refractivity contribution in [2.24, 2.45) is 7.05 Å². The average molecular weight is 387 g/mol. The zero-order chi connectivity index (χ0) is 19.1. The van der Waals surface area contributed by atoms with Crippen LogP contribution in [0.2, 0.25) is 0 Å². The fourth-order valence-corrected chi connectivity index (χ4v) is 4.47. The number of fused-ring (bicyclic) bond motifs is 1. The lowest BCUT2D eigenvalue weighted by atomic mass is 9.88. The minimum atomic E-state index is -0.150. The number of aromatic nitrogens is 4. The summed E-state index contributed by atoms with van der Waals surface area (Å²) in [6.45, 7) is 0. The molecular formula is C21H17N5OS. The first kappa shape index (κ1) is 16.8. The largest absolute Gasteiger partial charge is 0.311 e. The Morgan fingerprint density at radius 3 is 2.75 bits per heavy atom. The van der Waals surface area contributed by atoms with Gasteiger partial charge in [0.05, 0.1) is 11.4 Å². The Balaban J connectivity index is 1.63. The van der Waals surface area contributed by atoms with E-state index < -0.39 is 0 Å². The molecule has 5 rings (SSSR count). The summed E-state index contributed by atoms with van der Waals surface area (Å²) >= 11 is 1.60. The Bertz CT molecular complexity index is 1150. The van der Waals surface area contributed by atoms with Crippen molar-refractivity contribution in [3.05, 3.63) is 71.4 Å². The van der Waals surface area contributed by atoms with Crippen molar-refractivity contribution in [1.29, 1.82) is 0 Å². The number of rotatable bonds is 3. The molecule has 0 aliphatic carbocycles. The number of hydrogen-bond donors (Lipinski definition) is 1. The summed E-state index contributed by atoms with van der Waals surface area (Å²) < 4.78 is 1.72. The van der Waals surface area contributed by atoms with Crippen LogP contribution in [0.25, 0.3) is 22.0 Å². The van der Waals surface area contributed by atoms with Gasteiger partial charge in [-0.25, -0.2) is 4.98 Å². The molecule has 0 fully saturated rings. The number of thiazole rings is 1. The van der Waals surface area contributed by atoms with Crippen LogP contribution in [0.15, 0.2) is 60.1 Å². The summed E-state index contributed by atoms with van der Waals surface area (Å²) in [6.07, 6.45) is 2.10. The van der Waals surface area contributed by atoms with Crippen LogP contribution in [0.5, 0.6) is 0 Å². The van der Waals surface area contributed by atoms with E-state index >= 15 is 0 Å². The molecule has 138 valence electrons. The number of amides is 1. The Morgan fingerprint density at radius 2 is 1.96 bits per heavy atom. The number of nitrogens with zero attached hydrogens (tertiary/aromatic N) is 4. The van der Waals surface area contributed by atoms with E-state index in [2.05, 4.69) is 15.4 Å². The van der Waals surface area contributed by atoms with Gasteiger partial charge in [-0.1, -0.05) is 36.4 Å². The second kappa shape index (κ2) is 6.69. The number of nitrogens with one attached hydrogen (secondary N) is 1. The van der Waals surface area contributed by atoms with E-state index in [-0.39, 0.29) is 11.8 Å². The SMILES string of the molecule is Cn1nc(-c2ccccn2)c2c1NC(=O)CC2c1csc(-c2ccccc2)n1. The average Bonchev–Trinajstić information content (AvgIpc) is 3.35. The lowest BCUT2D eigenvalue weighted by molar-refractivity contribution is -0.116. The summed E-state index contributed by atoms with van der Waals surface area (Å²) in [5.74, 6) is 0.543. The Kier molecular flexibility index (Phi) is 4.02. The smallest absolute Gasteiger partial charge is 0.226 e. The third kappa shape index (κ3) is 2.80. The number of carbonyl (C=O) groups is 1. The molecule has 1 aliphatic rings. The van der Waals surface area contributed by atoms with Crippen molar-refractivity contribution in [2.75, 3.05) is 5.32 Å². The third-order valence-electron chi connectivity index (χ3n) is 4.89. The van der Waals surface area contributed by atoms with E-state index in [9.17, 15) is 4.79 Å². The summed E-state index contributed by atoms with van der Waals surface area (Å²) in [5.41, 5.74) is 4.53. The number of hydrogen-bond acceptors (Lipinski definition) is 5. The zero-order valence-electron chi connectivity index (χ0n) is 15.2. The highest BCUT2D eigenvalue weighted by atomic mass is 32.1. The highest BCUT2D eigenvalue weighted by Crippen LogP contribution is 2.43. The van der Waals surface area contributed by atoms with E-state index in [0.717, 1.165) is 39.0 Å². The monoisotopic (exact) mass is 387 g/mol. The first-order valence-corrected chi connectivity index (χ1v) is 9.87. The van der Waals surface area contributed by atoms with Gasteiger partial charge in [0.1, 0.15) is 16.5 Å². The molecular weight excluding hydrogens is 370 g/mol. The fourth-order valence-electron chi connectivity index (χ4n) is 3.59. The number of anilines is 1. The summed E-state index contributed by atoms with van der Waals surface area (Å²) in [6, 6.07) is 15.8. The molecule has 1 unspecified atom stereocenters. The maximum Gasteiger partial charge on any atom is 0.226 e. The van der Waals surface area contributed by atoms with Gasteiger partial charge in [0, 0.05) is 42.1 Å². The van der Waals surface area contributed by atoms with E-state index in [1.165, 1.54) is 0 Å². The van der Waals surface area contributed by atoms with Crippen LogP contribution >= 0.6 is 11.3 Å². The van der Waals surface area contributed by atoms with Crippen LogP contribution in [-0.4, -0.2) is 25.7 Å². The quantitative estimate of drug-likeness (QED) is 0.575. The summed E-state index contributed by atoms with van der Waals surface area (Å²) in [7, 11) is 1.84. The van der Waals surface area contributed by atoms with Crippen LogP contribution in [0.3, 0.4) is 0 Å². The van der Waals surface area contributed by atoms with Gasteiger partial charge in [-0.3, -0.25) is 14.5 Å². The molecule has 1 aliphatic heterocycles. The molecule has 28 heavy (non-hydrogen) atoms. The van der Waals surface area contributed by atoms with Crippen LogP contribution in [0, 0.1) is 0 Å². The molecule has 6 nitrogen and oxygen atoms in total. The minimum Gasteiger partial charge on any atom is -0.311 e. The Hall–Kier alpha value is -3.32. The van der Waals surface area contributed by atoms with Crippen molar-refractivity contribution in [1.82, 2.24) is 19.7 Å². The van der Waals surface area contributed by atoms with E-state index in [1.807, 2.05) is 61.0 Å². The minimum absolute atomic E-state index is 0.0256. The molecule has 0 radical (unpaired) electrons. The van der Waals surface area contributed by atoms with Crippen LogP contribution in [-0.2, 0) is 11.8 Å². The molecule has 4 aromatic rings. The molecule has 0 bridgehead atoms. The van der Waals surface area contributed by atoms with Crippen LogP contribution in [0.4, 0.5) is 5.82 Å². The molecule has 3 aromatic heterocycles. The van der Waals surface area contributed by atoms with Crippen molar-refractivity contribution >= 4 is 23.1 Å². The zero-order valence-corrected chi connectivity index (χ0v) is 16.0. The predicted octanol–water partition coefficient (Wildman–Crippen LogP) is 4.08. The topological polar surface area (TPSA) is 72.7 Å². The van der Waals surface area contributed by atoms with E-state index in [0.29, 0.717) is 6.42 Å². The van der Waals surface area contributed by atoms with Crippen molar-refractivity contribution in [2.45, 2.75) is 12.3 Å². The van der Waals surface area contributed by atoms with Crippen LogP contribution < -0.4 is 5.32 Å². The highest BCUT2D eigenvalue weighted by Gasteiger charge is 2.35. The van der Waals surface area contributed by atoms with Gasteiger partial charge in [-0.05, 0) is 12.1 Å². The van der Waals surface area contributed by atoms with Gasteiger partial charge in [0.25, 0.3) is 0 Å². The molecule has 1 aromatic carbocycles. The number of aryl methyl sites for hydroxylation is 1. The normalized spacial score (nSPS) is 15.9. The summed E-state index contributed by atoms with van der Waals surface area (Å²) in [4.78, 5) is 21.7. The van der Waals surface area contributed by atoms with Gasteiger partial charge >= 0.3 is 0 Å². The molecule has 0 saturated heterocycles. The van der Waals surface area contributed by atoms with Crippen molar-refractivity contribution in [3.63, 3.8) is 0 Å². The number of benzene rings is 1. The second-order valence-corrected chi connectivity index (χ2v) is 7.56. The van der Waals surface area contributed by atoms with Crippen LogP contribution in [0.1, 0.15) is 23.6 Å². The van der Waals surface area contributed by atoms with E-state index in [1.54, 1.807) is 22.2 Å². The number of carbonyl (C=O) groups excluding carboxylic acids is 1. The van der Waals surface area contributed by atoms with Gasteiger partial charge in [-0.15, -0.1) is 11.3 Å². The molecule has 4 heterocycles.